The zero-order valence-corrected chi connectivity index (χ0v) is 7.64. The van der Waals surface area contributed by atoms with Crippen molar-refractivity contribution < 1.29 is 10.2 Å². The molecular weight excluding hydrogens is 166 g/mol. The van der Waals surface area contributed by atoms with Gasteiger partial charge in [0, 0.05) is 0 Å². The first kappa shape index (κ1) is 10.2. The second-order valence-corrected chi connectivity index (χ2v) is 3.17. The van der Waals surface area contributed by atoms with Crippen LogP contribution in [0.25, 0.3) is 0 Å². The van der Waals surface area contributed by atoms with Gasteiger partial charge in [0.15, 0.2) is 0 Å². The van der Waals surface area contributed by atoms with E-state index in [4.69, 9.17) is 10.8 Å². The Morgan fingerprint density at radius 2 is 2.15 bits per heavy atom. The van der Waals surface area contributed by atoms with Crippen LogP contribution in [0.1, 0.15) is 24.1 Å². The number of benzene rings is 1. The molecule has 0 aliphatic heterocycles. The monoisotopic (exact) mass is 181 g/mol. The summed E-state index contributed by atoms with van der Waals surface area (Å²) in [6.45, 7) is 1.65. The van der Waals surface area contributed by atoms with Crippen molar-refractivity contribution in [2.75, 3.05) is 0 Å². The van der Waals surface area contributed by atoms with Crippen molar-refractivity contribution in [3.63, 3.8) is 0 Å². The number of nitrogens with two attached hydrogens (primary N) is 1. The van der Waals surface area contributed by atoms with Gasteiger partial charge in [-0.05, 0) is 18.1 Å². The van der Waals surface area contributed by atoms with E-state index in [0.717, 1.165) is 11.1 Å². The first-order valence-electron chi connectivity index (χ1n) is 4.28. The van der Waals surface area contributed by atoms with Gasteiger partial charge in [0.25, 0.3) is 0 Å². The van der Waals surface area contributed by atoms with E-state index in [0.29, 0.717) is 0 Å². The summed E-state index contributed by atoms with van der Waals surface area (Å²) in [4.78, 5) is 0. The highest BCUT2D eigenvalue weighted by molar-refractivity contribution is 5.25. The highest BCUT2D eigenvalue weighted by Gasteiger charge is 2.11. The van der Waals surface area contributed by atoms with Gasteiger partial charge in [-0.3, -0.25) is 0 Å². The van der Waals surface area contributed by atoms with E-state index in [9.17, 15) is 5.11 Å². The standard InChI is InChI=1S/C10H15NO2/c1-7(13)10(11)9-4-2-3-8(5-9)6-12/h2-5,7,10,12-13H,6,11H2,1H3. The molecule has 0 radical (unpaired) electrons. The summed E-state index contributed by atoms with van der Waals surface area (Å²) >= 11 is 0. The van der Waals surface area contributed by atoms with Crippen molar-refractivity contribution in [3.05, 3.63) is 35.4 Å². The molecule has 3 heteroatoms. The number of aliphatic hydroxyl groups is 2. The summed E-state index contributed by atoms with van der Waals surface area (Å²) in [5.74, 6) is 0. The smallest absolute Gasteiger partial charge is 0.0704 e. The third-order valence-corrected chi connectivity index (χ3v) is 2.04. The van der Waals surface area contributed by atoms with Gasteiger partial charge >= 0.3 is 0 Å². The average molecular weight is 181 g/mol. The number of aliphatic hydroxyl groups excluding tert-OH is 2. The second-order valence-electron chi connectivity index (χ2n) is 3.17. The van der Waals surface area contributed by atoms with Crippen molar-refractivity contribution in [1.82, 2.24) is 0 Å². The van der Waals surface area contributed by atoms with Crippen LogP contribution in [0.4, 0.5) is 0 Å². The van der Waals surface area contributed by atoms with E-state index in [1.165, 1.54) is 0 Å². The molecule has 0 aromatic heterocycles. The van der Waals surface area contributed by atoms with Crippen LogP contribution in [0.3, 0.4) is 0 Å². The Kier molecular flexibility index (Phi) is 3.42. The number of hydrogen-bond donors (Lipinski definition) is 3. The highest BCUT2D eigenvalue weighted by atomic mass is 16.3. The molecule has 0 aliphatic carbocycles. The van der Waals surface area contributed by atoms with Gasteiger partial charge in [0.05, 0.1) is 18.8 Å². The van der Waals surface area contributed by atoms with Gasteiger partial charge in [-0.1, -0.05) is 24.3 Å². The predicted molar refractivity (Wildman–Crippen MR) is 51.0 cm³/mol. The summed E-state index contributed by atoms with van der Waals surface area (Å²) in [6, 6.07) is 6.90. The van der Waals surface area contributed by atoms with E-state index in [2.05, 4.69) is 0 Å². The molecule has 1 aromatic carbocycles. The second kappa shape index (κ2) is 4.37. The van der Waals surface area contributed by atoms with Crippen molar-refractivity contribution in [2.24, 2.45) is 5.73 Å². The lowest BCUT2D eigenvalue weighted by atomic mass is 10.0. The zero-order valence-electron chi connectivity index (χ0n) is 7.64. The Hall–Kier alpha value is -0.900. The van der Waals surface area contributed by atoms with Gasteiger partial charge in [-0.2, -0.15) is 0 Å². The number of rotatable bonds is 3. The molecule has 0 saturated carbocycles. The Balaban J connectivity index is 2.88. The van der Waals surface area contributed by atoms with Gasteiger partial charge < -0.3 is 15.9 Å². The van der Waals surface area contributed by atoms with Crippen LogP contribution in [-0.2, 0) is 6.61 Å². The molecule has 0 spiro atoms. The van der Waals surface area contributed by atoms with E-state index < -0.39 is 6.10 Å². The topological polar surface area (TPSA) is 66.5 Å². The van der Waals surface area contributed by atoms with E-state index in [1.54, 1.807) is 13.0 Å². The molecule has 2 atom stereocenters. The molecule has 0 heterocycles. The molecule has 13 heavy (non-hydrogen) atoms. The summed E-state index contributed by atoms with van der Waals surface area (Å²) < 4.78 is 0. The summed E-state index contributed by atoms with van der Waals surface area (Å²) in [5.41, 5.74) is 7.39. The first-order valence-corrected chi connectivity index (χ1v) is 4.28. The van der Waals surface area contributed by atoms with Crippen LogP contribution in [0.5, 0.6) is 0 Å². The minimum Gasteiger partial charge on any atom is -0.392 e. The van der Waals surface area contributed by atoms with Gasteiger partial charge in [-0.25, -0.2) is 0 Å². The Morgan fingerprint density at radius 3 is 2.69 bits per heavy atom. The first-order chi connectivity index (χ1) is 6.15. The summed E-state index contributed by atoms with van der Waals surface area (Å²) in [5, 5.41) is 18.1. The Bertz CT molecular complexity index is 273. The fraction of sp³-hybridized carbons (Fsp3) is 0.400. The highest BCUT2D eigenvalue weighted by Crippen LogP contribution is 2.15. The summed E-state index contributed by atoms with van der Waals surface area (Å²) in [6.07, 6.45) is -0.575. The normalized spacial score (nSPS) is 15.4. The molecule has 0 amide bonds. The minimum atomic E-state index is -0.575. The van der Waals surface area contributed by atoms with E-state index in [1.807, 2.05) is 18.2 Å². The van der Waals surface area contributed by atoms with Crippen LogP contribution >= 0.6 is 0 Å². The Labute approximate surface area is 77.8 Å². The number of hydrogen-bond acceptors (Lipinski definition) is 3. The largest absolute Gasteiger partial charge is 0.392 e. The van der Waals surface area contributed by atoms with Crippen LogP contribution in [0, 0.1) is 0 Å². The molecule has 72 valence electrons. The fourth-order valence-corrected chi connectivity index (χ4v) is 1.18. The molecular formula is C10H15NO2. The van der Waals surface area contributed by atoms with Gasteiger partial charge in [0.2, 0.25) is 0 Å². The van der Waals surface area contributed by atoms with Crippen molar-refractivity contribution in [2.45, 2.75) is 25.7 Å². The average Bonchev–Trinajstić information content (AvgIpc) is 2.16. The maximum Gasteiger partial charge on any atom is 0.0704 e. The molecule has 0 saturated heterocycles. The van der Waals surface area contributed by atoms with Crippen LogP contribution in [-0.4, -0.2) is 16.3 Å². The predicted octanol–water partition coefficient (Wildman–Crippen LogP) is 0.560. The lowest BCUT2D eigenvalue weighted by Crippen LogP contribution is -2.23. The molecule has 2 unspecified atom stereocenters. The molecule has 3 nitrogen and oxygen atoms in total. The van der Waals surface area contributed by atoms with Crippen molar-refractivity contribution >= 4 is 0 Å². The van der Waals surface area contributed by atoms with Gasteiger partial charge in [0.1, 0.15) is 0 Å². The molecule has 4 N–H and O–H groups in total. The van der Waals surface area contributed by atoms with Crippen LogP contribution in [0.2, 0.25) is 0 Å². The molecule has 1 aromatic rings. The SMILES string of the molecule is CC(O)C(N)c1cccc(CO)c1. The molecule has 1 rings (SSSR count). The van der Waals surface area contributed by atoms with Gasteiger partial charge in [-0.15, -0.1) is 0 Å². The lowest BCUT2D eigenvalue weighted by molar-refractivity contribution is 0.164. The quantitative estimate of drug-likeness (QED) is 0.638. The zero-order chi connectivity index (χ0) is 9.84. The molecule has 0 bridgehead atoms. The third kappa shape index (κ3) is 2.52. The van der Waals surface area contributed by atoms with Crippen molar-refractivity contribution in [3.8, 4) is 0 Å². The maximum absolute atomic E-state index is 9.25. The Morgan fingerprint density at radius 1 is 1.46 bits per heavy atom. The van der Waals surface area contributed by atoms with E-state index in [-0.39, 0.29) is 12.6 Å². The lowest BCUT2D eigenvalue weighted by Gasteiger charge is -2.15. The minimum absolute atomic E-state index is 0.000367. The molecule has 0 fully saturated rings. The van der Waals surface area contributed by atoms with Crippen LogP contribution < -0.4 is 5.73 Å². The third-order valence-electron chi connectivity index (χ3n) is 2.04. The van der Waals surface area contributed by atoms with E-state index >= 15 is 0 Å². The summed E-state index contributed by atoms with van der Waals surface area (Å²) in [7, 11) is 0. The fourth-order valence-electron chi connectivity index (χ4n) is 1.18. The maximum atomic E-state index is 9.25. The molecule has 0 aliphatic rings. The van der Waals surface area contributed by atoms with Crippen molar-refractivity contribution in [1.29, 1.82) is 0 Å². The van der Waals surface area contributed by atoms with Crippen LogP contribution in [0.15, 0.2) is 24.3 Å².